The van der Waals surface area contributed by atoms with Gasteiger partial charge in [0.15, 0.2) is 0 Å². The summed E-state index contributed by atoms with van der Waals surface area (Å²) in [5, 5.41) is 0. The van der Waals surface area contributed by atoms with E-state index in [2.05, 4.69) is 9.64 Å². The lowest BCUT2D eigenvalue weighted by Crippen LogP contribution is -2.38. The van der Waals surface area contributed by atoms with Crippen molar-refractivity contribution in [2.45, 2.75) is 0 Å². The van der Waals surface area contributed by atoms with Crippen LogP contribution in [0.15, 0.2) is 0 Å². The van der Waals surface area contributed by atoms with Crippen molar-refractivity contribution in [1.29, 1.82) is 0 Å². The molecule has 1 heterocycles. The minimum atomic E-state index is -0.305. The average molecular weight is 203 g/mol. The molecule has 1 aliphatic heterocycles. The number of nitrogens with zero attached hydrogens (tertiary/aromatic N) is 1. The maximum atomic E-state index is 10.9. The smallest absolute Gasteiger partial charge is 0.332 e. The third-order valence-corrected chi connectivity index (χ3v) is 2.04. The van der Waals surface area contributed by atoms with Crippen LogP contribution >= 0.6 is 0 Å². The summed E-state index contributed by atoms with van der Waals surface area (Å²) in [4.78, 5) is 13.1. The van der Waals surface area contributed by atoms with E-state index in [1.54, 1.807) is 0 Å². The second-order valence-electron chi connectivity index (χ2n) is 3.11. The molecule has 0 amide bonds. The van der Waals surface area contributed by atoms with Gasteiger partial charge in [-0.2, -0.15) is 0 Å². The maximum absolute atomic E-state index is 10.9. The molecule has 0 aliphatic carbocycles. The van der Waals surface area contributed by atoms with Crippen LogP contribution in [0.2, 0.25) is 0 Å². The molecule has 82 valence electrons. The van der Waals surface area contributed by atoms with Gasteiger partial charge in [0.1, 0.15) is 13.2 Å². The van der Waals surface area contributed by atoms with Gasteiger partial charge < -0.3 is 14.2 Å². The van der Waals surface area contributed by atoms with Crippen molar-refractivity contribution in [2.24, 2.45) is 0 Å². The molecule has 0 spiro atoms. The largest absolute Gasteiger partial charge is 0.463 e. The Morgan fingerprint density at radius 3 is 2.79 bits per heavy atom. The first-order chi connectivity index (χ1) is 6.83. The molecule has 5 heteroatoms. The van der Waals surface area contributed by atoms with Crippen molar-refractivity contribution in [2.75, 3.05) is 53.2 Å². The van der Waals surface area contributed by atoms with Gasteiger partial charge in [0.25, 0.3) is 0 Å². The first kappa shape index (κ1) is 11.4. The van der Waals surface area contributed by atoms with Crippen molar-refractivity contribution in [1.82, 2.24) is 4.90 Å². The molecule has 0 atom stereocenters. The first-order valence-electron chi connectivity index (χ1n) is 4.77. The Morgan fingerprint density at radius 2 is 2.14 bits per heavy atom. The molecule has 0 unspecified atom stereocenters. The lowest BCUT2D eigenvalue weighted by atomic mass is 10.4. The standard InChI is InChI=1S/C9H17NO4/c1-12-8-9(11)14-7-4-10-2-5-13-6-3-10/h2-8H2,1H3. The van der Waals surface area contributed by atoms with Crippen LogP contribution in [0.3, 0.4) is 0 Å². The molecule has 0 bridgehead atoms. The number of rotatable bonds is 5. The SMILES string of the molecule is COCC(=O)OCCN1CCOCC1. The van der Waals surface area contributed by atoms with E-state index in [-0.39, 0.29) is 12.6 Å². The van der Waals surface area contributed by atoms with E-state index in [0.717, 1.165) is 32.8 Å². The Balaban J connectivity index is 1.99. The van der Waals surface area contributed by atoms with Crippen LogP contribution in [0, 0.1) is 0 Å². The predicted molar refractivity (Wildman–Crippen MR) is 50.1 cm³/mol. The van der Waals surface area contributed by atoms with Crippen molar-refractivity contribution in [3.63, 3.8) is 0 Å². The molecule has 5 nitrogen and oxygen atoms in total. The van der Waals surface area contributed by atoms with Crippen molar-refractivity contribution < 1.29 is 19.0 Å². The summed E-state index contributed by atoms with van der Waals surface area (Å²) < 4.78 is 14.8. The summed E-state index contributed by atoms with van der Waals surface area (Å²) in [5.41, 5.74) is 0. The van der Waals surface area contributed by atoms with E-state index in [1.165, 1.54) is 7.11 Å². The fraction of sp³-hybridized carbons (Fsp3) is 0.889. The molecule has 0 N–H and O–H groups in total. The number of carbonyl (C=O) groups excluding carboxylic acids is 1. The van der Waals surface area contributed by atoms with E-state index >= 15 is 0 Å². The normalized spacial score (nSPS) is 18.1. The average Bonchev–Trinajstić information content (AvgIpc) is 2.20. The number of hydrogen-bond acceptors (Lipinski definition) is 5. The second kappa shape index (κ2) is 6.75. The number of methoxy groups -OCH3 is 1. The Morgan fingerprint density at radius 1 is 1.43 bits per heavy atom. The molecule has 1 saturated heterocycles. The maximum Gasteiger partial charge on any atom is 0.332 e. The Labute approximate surface area is 83.9 Å². The summed E-state index contributed by atoms with van der Waals surface area (Å²) in [5.74, 6) is -0.305. The summed E-state index contributed by atoms with van der Waals surface area (Å²) in [7, 11) is 1.48. The third kappa shape index (κ3) is 4.55. The highest BCUT2D eigenvalue weighted by atomic mass is 16.6. The molecule has 1 rings (SSSR count). The van der Waals surface area contributed by atoms with E-state index in [4.69, 9.17) is 9.47 Å². The van der Waals surface area contributed by atoms with Crippen molar-refractivity contribution in [3.8, 4) is 0 Å². The molecular weight excluding hydrogens is 186 g/mol. The van der Waals surface area contributed by atoms with Crippen LogP contribution in [-0.2, 0) is 19.0 Å². The lowest BCUT2D eigenvalue weighted by Gasteiger charge is -2.26. The predicted octanol–water partition coefficient (Wildman–Crippen LogP) is -0.492. The minimum absolute atomic E-state index is 0.0309. The van der Waals surface area contributed by atoms with Gasteiger partial charge in [-0.3, -0.25) is 4.90 Å². The van der Waals surface area contributed by atoms with Crippen LogP contribution in [0.25, 0.3) is 0 Å². The van der Waals surface area contributed by atoms with Gasteiger partial charge in [0, 0.05) is 26.7 Å². The number of morpholine rings is 1. The summed E-state index contributed by atoms with van der Waals surface area (Å²) in [6.45, 7) is 4.62. The van der Waals surface area contributed by atoms with Crippen LogP contribution in [0.1, 0.15) is 0 Å². The highest BCUT2D eigenvalue weighted by Gasteiger charge is 2.10. The van der Waals surface area contributed by atoms with E-state index in [0.29, 0.717) is 6.61 Å². The lowest BCUT2D eigenvalue weighted by molar-refractivity contribution is -0.148. The van der Waals surface area contributed by atoms with Crippen molar-refractivity contribution in [3.05, 3.63) is 0 Å². The molecule has 0 aromatic carbocycles. The quantitative estimate of drug-likeness (QED) is 0.564. The minimum Gasteiger partial charge on any atom is -0.463 e. The molecule has 14 heavy (non-hydrogen) atoms. The van der Waals surface area contributed by atoms with Crippen LogP contribution in [-0.4, -0.2) is 64.0 Å². The molecule has 0 radical (unpaired) electrons. The summed E-state index contributed by atoms with van der Waals surface area (Å²) >= 11 is 0. The third-order valence-electron chi connectivity index (χ3n) is 2.04. The monoisotopic (exact) mass is 203 g/mol. The van der Waals surface area contributed by atoms with Gasteiger partial charge in [-0.15, -0.1) is 0 Å². The zero-order valence-corrected chi connectivity index (χ0v) is 8.53. The van der Waals surface area contributed by atoms with Gasteiger partial charge in [-0.25, -0.2) is 4.79 Å². The Hall–Kier alpha value is -0.650. The Bertz CT molecular complexity index is 168. The fourth-order valence-electron chi connectivity index (χ4n) is 1.27. The molecule has 0 aromatic heterocycles. The molecular formula is C9H17NO4. The summed E-state index contributed by atoms with van der Waals surface area (Å²) in [6.07, 6.45) is 0. The van der Waals surface area contributed by atoms with Gasteiger partial charge in [-0.1, -0.05) is 0 Å². The van der Waals surface area contributed by atoms with Gasteiger partial charge in [0.05, 0.1) is 13.2 Å². The zero-order chi connectivity index (χ0) is 10.2. The van der Waals surface area contributed by atoms with E-state index in [9.17, 15) is 4.79 Å². The molecule has 1 aliphatic rings. The van der Waals surface area contributed by atoms with E-state index in [1.807, 2.05) is 0 Å². The molecule has 1 fully saturated rings. The van der Waals surface area contributed by atoms with Crippen molar-refractivity contribution >= 4 is 5.97 Å². The molecule has 0 aromatic rings. The topological polar surface area (TPSA) is 48.0 Å². The van der Waals surface area contributed by atoms with Crippen LogP contribution in [0.4, 0.5) is 0 Å². The number of hydrogen-bond donors (Lipinski definition) is 0. The zero-order valence-electron chi connectivity index (χ0n) is 8.53. The van der Waals surface area contributed by atoms with Crippen LogP contribution in [0.5, 0.6) is 0 Å². The second-order valence-corrected chi connectivity index (χ2v) is 3.11. The highest BCUT2D eigenvalue weighted by molar-refractivity contribution is 5.70. The fourth-order valence-corrected chi connectivity index (χ4v) is 1.27. The van der Waals surface area contributed by atoms with Crippen LogP contribution < -0.4 is 0 Å². The van der Waals surface area contributed by atoms with Gasteiger partial charge in [0.2, 0.25) is 0 Å². The first-order valence-corrected chi connectivity index (χ1v) is 4.77. The van der Waals surface area contributed by atoms with Gasteiger partial charge in [-0.05, 0) is 0 Å². The Kier molecular flexibility index (Phi) is 5.51. The highest BCUT2D eigenvalue weighted by Crippen LogP contribution is 1.95. The number of esters is 1. The van der Waals surface area contributed by atoms with Gasteiger partial charge >= 0.3 is 5.97 Å². The molecule has 0 saturated carbocycles. The number of carbonyl (C=O) groups is 1. The van der Waals surface area contributed by atoms with E-state index < -0.39 is 0 Å². The number of ether oxygens (including phenoxy) is 3. The summed E-state index contributed by atoms with van der Waals surface area (Å²) in [6, 6.07) is 0.